The molecule has 0 spiro atoms. The molecule has 5 nitrogen and oxygen atoms in total. The molecule has 0 amide bonds. The first-order valence-corrected chi connectivity index (χ1v) is 6.48. The quantitative estimate of drug-likeness (QED) is 0.795. The summed E-state index contributed by atoms with van der Waals surface area (Å²) in [5, 5.41) is 0.925. The second kappa shape index (κ2) is 7.33. The molecule has 0 atom stereocenters. The molecule has 6 heteroatoms. The third-order valence-corrected chi connectivity index (χ3v) is 3.28. The highest BCUT2D eigenvalue weighted by molar-refractivity contribution is 6.01. The molecule has 2 aromatic rings. The number of carbonyl (C=O) groups is 1. The molecule has 0 bridgehead atoms. The molecular weight excluding hydrogens is 292 g/mol. The van der Waals surface area contributed by atoms with Crippen molar-refractivity contribution in [3.63, 3.8) is 0 Å². The van der Waals surface area contributed by atoms with E-state index >= 15 is 0 Å². The van der Waals surface area contributed by atoms with E-state index in [4.69, 9.17) is 9.47 Å². The van der Waals surface area contributed by atoms with E-state index in [0.29, 0.717) is 18.0 Å². The molecule has 0 N–H and O–H groups in total. The highest BCUT2D eigenvalue weighted by Gasteiger charge is 2.23. The van der Waals surface area contributed by atoms with Crippen molar-refractivity contribution in [2.75, 3.05) is 34.9 Å². The Morgan fingerprint density at radius 3 is 2.48 bits per heavy atom. The second-order valence-corrected chi connectivity index (χ2v) is 4.85. The van der Waals surface area contributed by atoms with E-state index in [1.54, 1.807) is 7.11 Å². The molecule has 0 radical (unpaired) electrons. The van der Waals surface area contributed by atoms with Crippen LogP contribution in [0.4, 0.5) is 0 Å². The molecule has 0 unspecified atom stereocenters. The molecule has 0 fully saturated rings. The van der Waals surface area contributed by atoms with Crippen molar-refractivity contribution in [3.8, 4) is 5.75 Å². The Bertz CT molecular complexity index is 623. The lowest BCUT2D eigenvalue weighted by Gasteiger charge is -2.13. The van der Waals surface area contributed by atoms with E-state index in [1.807, 2.05) is 42.9 Å². The van der Waals surface area contributed by atoms with Gasteiger partial charge in [0.25, 0.3) is 0 Å². The Labute approximate surface area is 130 Å². The Balaban J connectivity index is 0.00000220. The van der Waals surface area contributed by atoms with Crippen LogP contribution in [0.3, 0.4) is 0 Å². The smallest absolute Gasteiger partial charge is 0.358 e. The van der Waals surface area contributed by atoms with Gasteiger partial charge in [0.2, 0.25) is 0 Å². The number of carbonyl (C=O) groups excluding carboxylic acids is 1. The first-order chi connectivity index (χ1) is 9.60. The molecule has 0 saturated carbocycles. The van der Waals surface area contributed by atoms with Crippen LogP contribution in [-0.2, 0) is 11.3 Å². The minimum absolute atomic E-state index is 0. The zero-order valence-corrected chi connectivity index (χ0v) is 13.6. The van der Waals surface area contributed by atoms with Gasteiger partial charge in [0.05, 0.1) is 19.7 Å². The van der Waals surface area contributed by atoms with E-state index in [0.717, 1.165) is 17.4 Å². The van der Waals surface area contributed by atoms with E-state index in [-0.39, 0.29) is 18.4 Å². The van der Waals surface area contributed by atoms with Crippen molar-refractivity contribution in [1.29, 1.82) is 0 Å². The summed E-state index contributed by atoms with van der Waals surface area (Å²) < 4.78 is 12.3. The fourth-order valence-electron chi connectivity index (χ4n) is 2.31. The molecular formula is C15H21ClN2O3. The van der Waals surface area contributed by atoms with Crippen molar-refractivity contribution < 1.29 is 14.3 Å². The van der Waals surface area contributed by atoms with Crippen molar-refractivity contribution in [1.82, 2.24) is 9.47 Å². The third-order valence-electron chi connectivity index (χ3n) is 3.28. The largest absolute Gasteiger partial charge is 0.494 e. The number of fused-ring (bicyclic) bond motifs is 1. The zero-order valence-electron chi connectivity index (χ0n) is 12.8. The summed E-state index contributed by atoms with van der Waals surface area (Å²) in [7, 11) is 6.96. The molecule has 1 aromatic carbocycles. The van der Waals surface area contributed by atoms with Gasteiger partial charge in [-0.05, 0) is 26.2 Å². The monoisotopic (exact) mass is 312 g/mol. The summed E-state index contributed by atoms with van der Waals surface area (Å²) in [6.07, 6.45) is 0. The van der Waals surface area contributed by atoms with E-state index in [9.17, 15) is 4.79 Å². The Morgan fingerprint density at radius 1 is 1.24 bits per heavy atom. The maximum absolute atomic E-state index is 12.1. The number of nitrogens with zero attached hydrogens (tertiary/aromatic N) is 2. The maximum atomic E-state index is 12.1. The highest BCUT2D eigenvalue weighted by Crippen LogP contribution is 2.33. The van der Waals surface area contributed by atoms with Crippen LogP contribution in [-0.4, -0.2) is 50.3 Å². The number of hydrogen-bond acceptors (Lipinski definition) is 4. The summed E-state index contributed by atoms with van der Waals surface area (Å²) in [5.41, 5.74) is 1.45. The van der Waals surface area contributed by atoms with Crippen molar-refractivity contribution in [2.45, 2.75) is 6.54 Å². The number of methoxy groups -OCH3 is 2. The predicted molar refractivity (Wildman–Crippen MR) is 85.6 cm³/mol. The van der Waals surface area contributed by atoms with Crippen molar-refractivity contribution in [3.05, 3.63) is 30.0 Å². The lowest BCUT2D eigenvalue weighted by atomic mass is 10.2. The van der Waals surface area contributed by atoms with Gasteiger partial charge in [0, 0.05) is 18.5 Å². The summed E-state index contributed by atoms with van der Waals surface area (Å²) >= 11 is 0. The number of benzene rings is 1. The van der Waals surface area contributed by atoms with Crippen LogP contribution in [0.5, 0.6) is 5.75 Å². The predicted octanol–water partition coefficient (Wildman–Crippen LogP) is 2.42. The summed E-state index contributed by atoms with van der Waals surface area (Å²) in [6, 6.07) is 7.82. The number of likely N-dealkylation sites (N-methyl/N-ethyl adjacent to an activating group) is 1. The Hall–Kier alpha value is -1.72. The molecule has 0 aliphatic carbocycles. The number of halogens is 1. The molecule has 2 rings (SSSR count). The van der Waals surface area contributed by atoms with Crippen LogP contribution in [0.1, 0.15) is 10.5 Å². The molecule has 0 aliphatic rings. The van der Waals surface area contributed by atoms with Crippen LogP contribution in [0.15, 0.2) is 24.3 Å². The van der Waals surface area contributed by atoms with Gasteiger partial charge < -0.3 is 18.9 Å². The first kappa shape index (κ1) is 17.3. The summed E-state index contributed by atoms with van der Waals surface area (Å²) in [6.45, 7) is 1.52. The lowest BCUT2D eigenvalue weighted by Crippen LogP contribution is -2.21. The minimum atomic E-state index is -0.378. The standard InChI is InChI=1S/C15H20N2O3.ClH/c1-16(2)9-10-17-12-8-6-5-7-11(12)14(19-3)13(17)15(18)20-4;/h5-8H,9-10H2,1-4H3;1H. The number of aromatic nitrogens is 1. The SMILES string of the molecule is COC(=O)c1c(OC)c2ccccc2n1CCN(C)C.Cl. The molecule has 21 heavy (non-hydrogen) atoms. The van der Waals surface area contributed by atoms with Gasteiger partial charge in [0.1, 0.15) is 0 Å². The van der Waals surface area contributed by atoms with Gasteiger partial charge in [-0.1, -0.05) is 12.1 Å². The fourth-order valence-corrected chi connectivity index (χ4v) is 2.31. The van der Waals surface area contributed by atoms with Crippen LogP contribution in [0.25, 0.3) is 10.9 Å². The van der Waals surface area contributed by atoms with Crippen molar-refractivity contribution >= 4 is 29.3 Å². The van der Waals surface area contributed by atoms with Gasteiger partial charge >= 0.3 is 5.97 Å². The fraction of sp³-hybridized carbons (Fsp3) is 0.400. The minimum Gasteiger partial charge on any atom is -0.494 e. The van der Waals surface area contributed by atoms with Gasteiger partial charge in [-0.25, -0.2) is 4.79 Å². The average molecular weight is 313 g/mol. The average Bonchev–Trinajstić information content (AvgIpc) is 2.77. The first-order valence-electron chi connectivity index (χ1n) is 6.48. The van der Waals surface area contributed by atoms with Crippen LogP contribution in [0.2, 0.25) is 0 Å². The molecule has 0 saturated heterocycles. The molecule has 1 heterocycles. The Morgan fingerprint density at radius 2 is 1.90 bits per heavy atom. The van der Waals surface area contributed by atoms with Crippen LogP contribution < -0.4 is 4.74 Å². The molecule has 116 valence electrons. The number of rotatable bonds is 5. The summed E-state index contributed by atoms with van der Waals surface area (Å²) in [5.74, 6) is 0.197. The second-order valence-electron chi connectivity index (χ2n) is 4.85. The lowest BCUT2D eigenvalue weighted by molar-refractivity contribution is 0.0584. The maximum Gasteiger partial charge on any atom is 0.358 e. The van der Waals surface area contributed by atoms with Gasteiger partial charge in [0.15, 0.2) is 11.4 Å². The topological polar surface area (TPSA) is 43.7 Å². The van der Waals surface area contributed by atoms with Gasteiger partial charge in [-0.2, -0.15) is 0 Å². The number of ether oxygens (including phenoxy) is 2. The van der Waals surface area contributed by atoms with E-state index in [1.165, 1.54) is 7.11 Å². The van der Waals surface area contributed by atoms with E-state index in [2.05, 4.69) is 4.90 Å². The molecule has 0 aliphatic heterocycles. The van der Waals surface area contributed by atoms with Gasteiger partial charge in [-0.15, -0.1) is 12.4 Å². The summed E-state index contributed by atoms with van der Waals surface area (Å²) in [4.78, 5) is 14.2. The van der Waals surface area contributed by atoms with Gasteiger partial charge in [-0.3, -0.25) is 0 Å². The van der Waals surface area contributed by atoms with Crippen LogP contribution >= 0.6 is 12.4 Å². The van der Waals surface area contributed by atoms with Crippen LogP contribution in [0, 0.1) is 0 Å². The Kier molecular flexibility index (Phi) is 6.05. The third kappa shape index (κ3) is 3.31. The normalized spacial score (nSPS) is 10.5. The molecule has 1 aromatic heterocycles. The number of hydrogen-bond donors (Lipinski definition) is 0. The van der Waals surface area contributed by atoms with E-state index < -0.39 is 0 Å². The highest BCUT2D eigenvalue weighted by atomic mass is 35.5. The number of esters is 1. The van der Waals surface area contributed by atoms with Crippen molar-refractivity contribution in [2.24, 2.45) is 0 Å². The zero-order chi connectivity index (χ0) is 14.7. The number of para-hydroxylation sites is 1.